The highest BCUT2D eigenvalue weighted by Crippen LogP contribution is 2.15. The van der Waals surface area contributed by atoms with Crippen molar-refractivity contribution in [3.05, 3.63) is 29.6 Å². The first-order valence-electron chi connectivity index (χ1n) is 6.01. The summed E-state index contributed by atoms with van der Waals surface area (Å²) in [4.78, 5) is 11.6. The molecule has 0 aliphatic carbocycles. The average molecular weight is 270 g/mol. The molecule has 1 atom stereocenters. The Kier molecular flexibility index (Phi) is 6.24. The third kappa shape index (κ3) is 5.67. The van der Waals surface area contributed by atoms with Crippen LogP contribution in [0, 0.1) is 12.7 Å². The molecule has 0 saturated heterocycles. The van der Waals surface area contributed by atoms with Gasteiger partial charge in [-0.3, -0.25) is 0 Å². The number of halogens is 1. The van der Waals surface area contributed by atoms with Gasteiger partial charge in [0, 0.05) is 19.3 Å². The molecule has 0 bridgehead atoms. The maximum absolute atomic E-state index is 13.0. The van der Waals surface area contributed by atoms with E-state index in [-0.39, 0.29) is 6.61 Å². The molecule has 6 heteroatoms. The van der Waals surface area contributed by atoms with Crippen LogP contribution in [0.25, 0.3) is 0 Å². The highest BCUT2D eigenvalue weighted by molar-refractivity contribution is 5.89. The quantitative estimate of drug-likeness (QED) is 0.736. The van der Waals surface area contributed by atoms with Gasteiger partial charge in [-0.25, -0.2) is 9.18 Å². The Balaban J connectivity index is 2.37. The van der Waals surface area contributed by atoms with Crippen LogP contribution in [-0.2, 0) is 4.74 Å². The van der Waals surface area contributed by atoms with Crippen LogP contribution in [0.2, 0.25) is 0 Å². The lowest BCUT2D eigenvalue weighted by atomic mass is 10.2. The largest absolute Gasteiger partial charge is 0.391 e. The topological polar surface area (TPSA) is 70.6 Å². The molecule has 0 radical (unpaired) electrons. The van der Waals surface area contributed by atoms with E-state index < -0.39 is 18.0 Å². The number of anilines is 1. The number of hydrogen-bond donors (Lipinski definition) is 3. The van der Waals surface area contributed by atoms with Crippen molar-refractivity contribution in [3.8, 4) is 0 Å². The minimum Gasteiger partial charge on any atom is -0.391 e. The lowest BCUT2D eigenvalue weighted by molar-refractivity contribution is 0.0599. The third-order valence-corrected chi connectivity index (χ3v) is 2.57. The number of methoxy groups -OCH3 is 1. The van der Waals surface area contributed by atoms with Gasteiger partial charge in [-0.15, -0.1) is 0 Å². The number of hydrogen-bond acceptors (Lipinski definition) is 3. The van der Waals surface area contributed by atoms with Gasteiger partial charge in [-0.2, -0.15) is 0 Å². The van der Waals surface area contributed by atoms with Crippen molar-refractivity contribution < 1.29 is 19.0 Å². The zero-order chi connectivity index (χ0) is 14.3. The molecule has 1 aromatic carbocycles. The number of urea groups is 1. The molecule has 1 unspecified atom stereocenters. The number of nitrogens with one attached hydrogen (secondary N) is 2. The van der Waals surface area contributed by atoms with E-state index in [0.29, 0.717) is 18.7 Å². The van der Waals surface area contributed by atoms with E-state index in [1.807, 2.05) is 0 Å². The Morgan fingerprint density at radius 2 is 2.26 bits per heavy atom. The van der Waals surface area contributed by atoms with Crippen LogP contribution in [0.1, 0.15) is 12.0 Å². The summed E-state index contributed by atoms with van der Waals surface area (Å²) in [6.07, 6.45) is -0.218. The van der Waals surface area contributed by atoms with Gasteiger partial charge in [0.25, 0.3) is 0 Å². The van der Waals surface area contributed by atoms with Gasteiger partial charge in [0.15, 0.2) is 0 Å². The van der Waals surface area contributed by atoms with Crippen LogP contribution in [0.4, 0.5) is 14.9 Å². The standard InChI is InChI=1S/C13H19FN2O3/c1-9-3-4-10(14)7-12(9)16-13(18)15-6-5-11(17)8-19-2/h3-4,7,11,17H,5-6,8H2,1-2H3,(H2,15,16,18). The molecule has 0 aliphatic rings. The van der Waals surface area contributed by atoms with Crippen LogP contribution in [-0.4, -0.2) is 37.5 Å². The summed E-state index contributed by atoms with van der Waals surface area (Å²) in [7, 11) is 1.50. The van der Waals surface area contributed by atoms with E-state index >= 15 is 0 Å². The van der Waals surface area contributed by atoms with Crippen LogP contribution >= 0.6 is 0 Å². The highest BCUT2D eigenvalue weighted by Gasteiger charge is 2.07. The fourth-order valence-corrected chi connectivity index (χ4v) is 1.52. The minimum atomic E-state index is -0.610. The summed E-state index contributed by atoms with van der Waals surface area (Å²) in [5.74, 6) is -0.406. The number of benzene rings is 1. The van der Waals surface area contributed by atoms with Crippen molar-refractivity contribution in [2.75, 3.05) is 25.6 Å². The highest BCUT2D eigenvalue weighted by atomic mass is 19.1. The maximum atomic E-state index is 13.0. The number of ether oxygens (including phenoxy) is 1. The molecular formula is C13H19FN2O3. The van der Waals surface area contributed by atoms with Crippen LogP contribution in [0.15, 0.2) is 18.2 Å². The maximum Gasteiger partial charge on any atom is 0.319 e. The Morgan fingerprint density at radius 1 is 1.53 bits per heavy atom. The number of aliphatic hydroxyl groups excluding tert-OH is 1. The molecule has 0 saturated carbocycles. The fraction of sp³-hybridized carbons (Fsp3) is 0.462. The summed E-state index contributed by atoms with van der Waals surface area (Å²) in [5.41, 5.74) is 1.20. The lowest BCUT2D eigenvalue weighted by Crippen LogP contribution is -2.32. The smallest absolute Gasteiger partial charge is 0.319 e. The molecule has 1 aromatic rings. The number of rotatable bonds is 6. The van der Waals surface area contributed by atoms with Crippen molar-refractivity contribution in [1.82, 2.24) is 5.32 Å². The van der Waals surface area contributed by atoms with Crippen molar-refractivity contribution in [2.24, 2.45) is 0 Å². The van der Waals surface area contributed by atoms with Crippen LogP contribution < -0.4 is 10.6 Å². The first-order valence-corrected chi connectivity index (χ1v) is 6.01. The third-order valence-electron chi connectivity index (χ3n) is 2.57. The molecular weight excluding hydrogens is 251 g/mol. The summed E-state index contributed by atoms with van der Waals surface area (Å²) in [6, 6.07) is 3.75. The minimum absolute atomic E-state index is 0.228. The van der Waals surface area contributed by atoms with Gasteiger partial charge >= 0.3 is 6.03 Å². The van der Waals surface area contributed by atoms with Gasteiger partial charge in [0.2, 0.25) is 0 Å². The summed E-state index contributed by atoms with van der Waals surface area (Å²) >= 11 is 0. The molecule has 106 valence electrons. The monoisotopic (exact) mass is 270 g/mol. The zero-order valence-corrected chi connectivity index (χ0v) is 11.1. The first-order chi connectivity index (χ1) is 9.02. The molecule has 0 aliphatic heterocycles. The average Bonchev–Trinajstić information content (AvgIpc) is 2.34. The summed E-state index contributed by atoms with van der Waals surface area (Å²) in [6.45, 7) is 2.31. The molecule has 0 fully saturated rings. The summed E-state index contributed by atoms with van der Waals surface area (Å²) in [5, 5.41) is 14.5. The molecule has 1 rings (SSSR count). The lowest BCUT2D eigenvalue weighted by Gasteiger charge is -2.12. The van der Waals surface area contributed by atoms with Gasteiger partial charge < -0.3 is 20.5 Å². The Hall–Kier alpha value is -1.66. The van der Waals surface area contributed by atoms with E-state index in [1.165, 1.54) is 19.2 Å². The SMILES string of the molecule is COCC(O)CCNC(=O)Nc1cc(F)ccc1C. The van der Waals surface area contributed by atoms with Crippen LogP contribution in [0.5, 0.6) is 0 Å². The second-order valence-corrected chi connectivity index (χ2v) is 4.24. The zero-order valence-electron chi connectivity index (χ0n) is 11.1. The predicted octanol–water partition coefficient (Wildman–Crippen LogP) is 1.65. The second kappa shape index (κ2) is 7.70. The normalized spacial score (nSPS) is 12.0. The van der Waals surface area contributed by atoms with E-state index in [4.69, 9.17) is 4.74 Å². The van der Waals surface area contributed by atoms with Crippen molar-refractivity contribution in [3.63, 3.8) is 0 Å². The first kappa shape index (κ1) is 15.4. The molecule has 3 N–H and O–H groups in total. The number of carbonyl (C=O) groups is 1. The number of amides is 2. The molecule has 0 spiro atoms. The fourth-order valence-electron chi connectivity index (χ4n) is 1.52. The number of carbonyl (C=O) groups excluding carboxylic acids is 1. The van der Waals surface area contributed by atoms with Gasteiger partial charge in [-0.05, 0) is 31.0 Å². The second-order valence-electron chi connectivity index (χ2n) is 4.24. The van der Waals surface area contributed by atoms with Crippen molar-refractivity contribution in [2.45, 2.75) is 19.4 Å². The van der Waals surface area contributed by atoms with Gasteiger partial charge in [-0.1, -0.05) is 6.07 Å². The Morgan fingerprint density at radius 3 is 2.95 bits per heavy atom. The van der Waals surface area contributed by atoms with E-state index in [1.54, 1.807) is 13.0 Å². The van der Waals surface area contributed by atoms with Gasteiger partial charge in [0.05, 0.1) is 12.7 Å². The number of aryl methyl sites for hydroxylation is 1. The molecule has 0 aromatic heterocycles. The Labute approximate surface area is 111 Å². The Bertz CT molecular complexity index is 426. The van der Waals surface area contributed by atoms with Crippen LogP contribution in [0.3, 0.4) is 0 Å². The number of aliphatic hydroxyl groups is 1. The molecule has 2 amide bonds. The predicted molar refractivity (Wildman–Crippen MR) is 70.7 cm³/mol. The van der Waals surface area contributed by atoms with E-state index in [9.17, 15) is 14.3 Å². The molecule has 19 heavy (non-hydrogen) atoms. The summed E-state index contributed by atoms with van der Waals surface area (Å²) < 4.78 is 17.8. The van der Waals surface area contributed by atoms with Gasteiger partial charge in [0.1, 0.15) is 5.82 Å². The molecule has 0 heterocycles. The van der Waals surface area contributed by atoms with Crippen molar-refractivity contribution in [1.29, 1.82) is 0 Å². The molecule has 5 nitrogen and oxygen atoms in total. The van der Waals surface area contributed by atoms with E-state index in [2.05, 4.69) is 10.6 Å². The van der Waals surface area contributed by atoms with Crippen molar-refractivity contribution >= 4 is 11.7 Å². The van der Waals surface area contributed by atoms with E-state index in [0.717, 1.165) is 5.56 Å².